The topological polar surface area (TPSA) is 69.8 Å². The first-order chi connectivity index (χ1) is 9.15. The number of carbonyl (C=O) groups is 1. The number of rotatable bonds is 5. The fourth-order valence-corrected chi connectivity index (χ4v) is 1.65. The molecule has 0 atom stereocenters. The third-order valence-corrected chi connectivity index (χ3v) is 2.65. The Kier molecular flexibility index (Phi) is 4.30. The van der Waals surface area contributed by atoms with Crippen LogP contribution in [0.1, 0.15) is 13.8 Å². The second-order valence-electron chi connectivity index (χ2n) is 4.63. The third-order valence-electron chi connectivity index (χ3n) is 2.65. The summed E-state index contributed by atoms with van der Waals surface area (Å²) >= 11 is 0. The summed E-state index contributed by atoms with van der Waals surface area (Å²) < 4.78 is 0. The van der Waals surface area contributed by atoms with Crippen molar-refractivity contribution in [1.29, 1.82) is 0 Å². The van der Waals surface area contributed by atoms with E-state index in [9.17, 15) is 4.79 Å². The number of aromatic nitrogens is 2. The molecule has 19 heavy (non-hydrogen) atoms. The van der Waals surface area contributed by atoms with E-state index < -0.39 is 0 Å². The van der Waals surface area contributed by atoms with E-state index >= 15 is 0 Å². The highest BCUT2D eigenvalue weighted by molar-refractivity contribution is 5.92. The fourth-order valence-electron chi connectivity index (χ4n) is 1.65. The van der Waals surface area contributed by atoms with E-state index in [0.29, 0.717) is 12.6 Å². The minimum absolute atomic E-state index is 0.0389. The van der Waals surface area contributed by atoms with Gasteiger partial charge in [-0.1, -0.05) is 26.0 Å². The number of nitrogens with one attached hydrogen (secondary N) is 3. The minimum atomic E-state index is -0.0389. The first kappa shape index (κ1) is 13.3. The van der Waals surface area contributed by atoms with Crippen LogP contribution in [0.5, 0.6) is 0 Å². The molecule has 0 aliphatic carbocycles. The highest BCUT2D eigenvalue weighted by Crippen LogP contribution is 2.18. The van der Waals surface area contributed by atoms with Gasteiger partial charge in [0.05, 0.1) is 12.2 Å². The lowest BCUT2D eigenvalue weighted by atomic mass is 10.1. The minimum Gasteiger partial charge on any atom is -0.325 e. The number of hydrogen-bond donors (Lipinski definition) is 3. The molecule has 1 aromatic carbocycles. The largest absolute Gasteiger partial charge is 0.325 e. The standard InChI is InChI=1S/C14H18N4O/c1-10(2)15-9-14(19)17-12-5-3-11(4-6-12)13-7-8-16-18-13/h3-8,10,15H,9H2,1-2H3,(H,16,18)(H,17,19). The van der Waals surface area contributed by atoms with Gasteiger partial charge < -0.3 is 10.6 Å². The van der Waals surface area contributed by atoms with E-state index in [0.717, 1.165) is 16.9 Å². The molecule has 0 spiro atoms. The van der Waals surface area contributed by atoms with E-state index in [1.807, 2.05) is 44.2 Å². The molecule has 0 saturated heterocycles. The summed E-state index contributed by atoms with van der Waals surface area (Å²) in [7, 11) is 0. The van der Waals surface area contributed by atoms with Crippen molar-refractivity contribution in [2.24, 2.45) is 0 Å². The number of H-pyrrole nitrogens is 1. The molecule has 0 fully saturated rings. The van der Waals surface area contributed by atoms with E-state index in [1.54, 1.807) is 6.20 Å². The average molecular weight is 258 g/mol. The van der Waals surface area contributed by atoms with E-state index in [1.165, 1.54) is 0 Å². The smallest absolute Gasteiger partial charge is 0.238 e. The Morgan fingerprint density at radius 1 is 1.26 bits per heavy atom. The van der Waals surface area contributed by atoms with Gasteiger partial charge in [0.1, 0.15) is 0 Å². The van der Waals surface area contributed by atoms with Gasteiger partial charge in [-0.2, -0.15) is 5.10 Å². The van der Waals surface area contributed by atoms with Crippen LogP contribution in [0, 0.1) is 0 Å². The molecule has 0 saturated carbocycles. The lowest BCUT2D eigenvalue weighted by Gasteiger charge is -2.09. The van der Waals surface area contributed by atoms with Crippen LogP contribution in [-0.4, -0.2) is 28.7 Å². The number of anilines is 1. The van der Waals surface area contributed by atoms with Crippen molar-refractivity contribution in [3.63, 3.8) is 0 Å². The summed E-state index contributed by atoms with van der Waals surface area (Å²) in [6.45, 7) is 4.33. The quantitative estimate of drug-likeness (QED) is 0.768. The molecule has 5 heteroatoms. The van der Waals surface area contributed by atoms with Gasteiger partial charge >= 0.3 is 0 Å². The molecule has 0 radical (unpaired) electrons. The van der Waals surface area contributed by atoms with Crippen LogP contribution in [0.3, 0.4) is 0 Å². The predicted octanol–water partition coefficient (Wildman–Crippen LogP) is 2.01. The molecule has 0 bridgehead atoms. The summed E-state index contributed by atoms with van der Waals surface area (Å²) in [5.74, 6) is -0.0389. The van der Waals surface area contributed by atoms with Crippen LogP contribution in [-0.2, 0) is 4.79 Å². The number of amides is 1. The lowest BCUT2D eigenvalue weighted by Crippen LogP contribution is -2.32. The third kappa shape index (κ3) is 3.93. The number of benzene rings is 1. The van der Waals surface area contributed by atoms with Crippen LogP contribution in [0.2, 0.25) is 0 Å². The van der Waals surface area contributed by atoms with Crippen LogP contribution in [0.4, 0.5) is 5.69 Å². The molecule has 1 aromatic heterocycles. The molecule has 1 amide bonds. The Bertz CT molecular complexity index is 517. The first-order valence-electron chi connectivity index (χ1n) is 6.28. The summed E-state index contributed by atoms with van der Waals surface area (Å²) in [4.78, 5) is 11.6. The van der Waals surface area contributed by atoms with Gasteiger partial charge in [-0.3, -0.25) is 9.89 Å². The van der Waals surface area contributed by atoms with Crippen LogP contribution in [0.15, 0.2) is 36.5 Å². The van der Waals surface area contributed by atoms with Crippen molar-refractivity contribution >= 4 is 11.6 Å². The highest BCUT2D eigenvalue weighted by atomic mass is 16.1. The number of nitrogens with zero attached hydrogens (tertiary/aromatic N) is 1. The Labute approximate surface area is 112 Å². The maximum Gasteiger partial charge on any atom is 0.238 e. The molecular weight excluding hydrogens is 240 g/mol. The normalized spacial score (nSPS) is 10.7. The second-order valence-corrected chi connectivity index (χ2v) is 4.63. The lowest BCUT2D eigenvalue weighted by molar-refractivity contribution is -0.115. The predicted molar refractivity (Wildman–Crippen MR) is 75.8 cm³/mol. The zero-order chi connectivity index (χ0) is 13.7. The van der Waals surface area contributed by atoms with Gasteiger partial charge in [0.15, 0.2) is 0 Å². The van der Waals surface area contributed by atoms with E-state index in [-0.39, 0.29) is 5.91 Å². The van der Waals surface area contributed by atoms with E-state index in [2.05, 4.69) is 20.8 Å². The molecule has 1 heterocycles. The Morgan fingerprint density at radius 2 is 2.00 bits per heavy atom. The highest BCUT2D eigenvalue weighted by Gasteiger charge is 2.04. The fraction of sp³-hybridized carbons (Fsp3) is 0.286. The molecule has 0 unspecified atom stereocenters. The second kappa shape index (κ2) is 6.15. The van der Waals surface area contributed by atoms with Crippen LogP contribution < -0.4 is 10.6 Å². The number of hydrogen-bond acceptors (Lipinski definition) is 3. The molecule has 2 aromatic rings. The monoisotopic (exact) mass is 258 g/mol. The summed E-state index contributed by atoms with van der Waals surface area (Å²) in [6.07, 6.45) is 1.71. The van der Waals surface area contributed by atoms with Crippen molar-refractivity contribution in [3.8, 4) is 11.3 Å². The zero-order valence-electron chi connectivity index (χ0n) is 11.1. The summed E-state index contributed by atoms with van der Waals surface area (Å²) in [6, 6.07) is 9.85. The molecule has 0 aliphatic heterocycles. The molecule has 0 aliphatic rings. The van der Waals surface area contributed by atoms with Crippen molar-refractivity contribution in [3.05, 3.63) is 36.5 Å². The van der Waals surface area contributed by atoms with Crippen molar-refractivity contribution in [2.75, 3.05) is 11.9 Å². The van der Waals surface area contributed by atoms with Gasteiger partial charge in [0.25, 0.3) is 0 Å². The summed E-state index contributed by atoms with van der Waals surface area (Å²) in [5, 5.41) is 12.7. The first-order valence-corrected chi connectivity index (χ1v) is 6.28. The summed E-state index contributed by atoms with van der Waals surface area (Å²) in [5.41, 5.74) is 2.79. The molecule has 100 valence electrons. The number of aromatic amines is 1. The Morgan fingerprint density at radius 3 is 2.58 bits per heavy atom. The average Bonchev–Trinajstić information content (AvgIpc) is 2.91. The van der Waals surface area contributed by atoms with Crippen LogP contribution >= 0.6 is 0 Å². The van der Waals surface area contributed by atoms with Gasteiger partial charge in [0, 0.05) is 17.9 Å². The maximum absolute atomic E-state index is 11.6. The van der Waals surface area contributed by atoms with Gasteiger partial charge in [-0.05, 0) is 23.8 Å². The van der Waals surface area contributed by atoms with Gasteiger partial charge in [-0.15, -0.1) is 0 Å². The van der Waals surface area contributed by atoms with Gasteiger partial charge in [-0.25, -0.2) is 0 Å². The van der Waals surface area contributed by atoms with E-state index in [4.69, 9.17) is 0 Å². The van der Waals surface area contributed by atoms with Crippen molar-refractivity contribution in [1.82, 2.24) is 15.5 Å². The van der Waals surface area contributed by atoms with Crippen LogP contribution in [0.25, 0.3) is 11.3 Å². The Hall–Kier alpha value is -2.14. The molecule has 2 rings (SSSR count). The Balaban J connectivity index is 1.94. The zero-order valence-corrected chi connectivity index (χ0v) is 11.1. The SMILES string of the molecule is CC(C)NCC(=O)Nc1ccc(-c2ccn[nH]2)cc1. The van der Waals surface area contributed by atoms with Gasteiger partial charge in [0.2, 0.25) is 5.91 Å². The molecule has 3 N–H and O–H groups in total. The van der Waals surface area contributed by atoms with Crippen molar-refractivity contribution < 1.29 is 4.79 Å². The van der Waals surface area contributed by atoms with Crippen molar-refractivity contribution in [2.45, 2.75) is 19.9 Å². The molecule has 5 nitrogen and oxygen atoms in total. The molecular formula is C14H18N4O. The number of carbonyl (C=O) groups excluding carboxylic acids is 1. The maximum atomic E-state index is 11.6.